The standard InChI is InChI=1S/C11H18INS/c1-3-4-8(2)5-10(13)9-6-11(12)14-7-9/h6-8,10H,3-5,13H2,1-2H3. The predicted molar refractivity (Wildman–Crippen MR) is 72.7 cm³/mol. The van der Waals surface area contributed by atoms with Gasteiger partial charge in [-0.3, -0.25) is 0 Å². The maximum absolute atomic E-state index is 6.14. The first-order valence-corrected chi connectivity index (χ1v) is 7.08. The lowest BCUT2D eigenvalue weighted by Crippen LogP contribution is -2.13. The van der Waals surface area contributed by atoms with Gasteiger partial charge in [-0.15, -0.1) is 11.3 Å². The molecule has 0 spiro atoms. The monoisotopic (exact) mass is 323 g/mol. The van der Waals surface area contributed by atoms with E-state index in [4.69, 9.17) is 5.73 Å². The number of rotatable bonds is 5. The third-order valence-electron chi connectivity index (χ3n) is 2.45. The van der Waals surface area contributed by atoms with Crippen molar-refractivity contribution in [1.82, 2.24) is 0 Å². The summed E-state index contributed by atoms with van der Waals surface area (Å²) in [4.78, 5) is 0. The molecule has 0 aromatic carbocycles. The molecule has 2 N–H and O–H groups in total. The predicted octanol–water partition coefficient (Wildman–Crippen LogP) is 4.18. The molecule has 0 saturated carbocycles. The van der Waals surface area contributed by atoms with Crippen molar-refractivity contribution >= 4 is 33.9 Å². The van der Waals surface area contributed by atoms with E-state index in [0.29, 0.717) is 0 Å². The van der Waals surface area contributed by atoms with Gasteiger partial charge >= 0.3 is 0 Å². The van der Waals surface area contributed by atoms with Crippen LogP contribution in [0.5, 0.6) is 0 Å². The minimum absolute atomic E-state index is 0.233. The fraction of sp³-hybridized carbons (Fsp3) is 0.636. The van der Waals surface area contributed by atoms with Gasteiger partial charge in [-0.2, -0.15) is 0 Å². The lowest BCUT2D eigenvalue weighted by atomic mass is 9.95. The largest absolute Gasteiger partial charge is 0.324 e. The Morgan fingerprint density at radius 1 is 1.57 bits per heavy atom. The average Bonchev–Trinajstić information content (AvgIpc) is 2.52. The maximum atomic E-state index is 6.14. The zero-order valence-electron chi connectivity index (χ0n) is 8.79. The Kier molecular flexibility index (Phi) is 5.41. The van der Waals surface area contributed by atoms with Gasteiger partial charge in [-0.25, -0.2) is 0 Å². The molecule has 0 bridgehead atoms. The molecule has 1 nitrogen and oxygen atoms in total. The Morgan fingerprint density at radius 2 is 2.29 bits per heavy atom. The average molecular weight is 323 g/mol. The Balaban J connectivity index is 2.45. The minimum atomic E-state index is 0.233. The van der Waals surface area contributed by atoms with Crippen molar-refractivity contribution < 1.29 is 0 Å². The number of hydrogen-bond donors (Lipinski definition) is 1. The number of nitrogens with two attached hydrogens (primary N) is 1. The molecular formula is C11H18INS. The molecule has 3 heteroatoms. The Bertz CT molecular complexity index is 272. The fourth-order valence-electron chi connectivity index (χ4n) is 1.70. The highest BCUT2D eigenvalue weighted by molar-refractivity contribution is 14.1. The van der Waals surface area contributed by atoms with Gasteiger partial charge in [-0.1, -0.05) is 26.7 Å². The first-order valence-electron chi connectivity index (χ1n) is 5.13. The molecule has 0 aliphatic heterocycles. The third kappa shape index (κ3) is 3.87. The van der Waals surface area contributed by atoms with Gasteiger partial charge in [0.2, 0.25) is 0 Å². The fourth-order valence-corrected chi connectivity index (χ4v) is 3.13. The van der Waals surface area contributed by atoms with Crippen molar-refractivity contribution in [2.75, 3.05) is 0 Å². The second-order valence-corrected chi connectivity index (χ2v) is 6.73. The second kappa shape index (κ2) is 6.08. The molecule has 1 aromatic rings. The molecule has 0 amide bonds. The number of hydrogen-bond acceptors (Lipinski definition) is 2. The van der Waals surface area contributed by atoms with E-state index in [9.17, 15) is 0 Å². The summed E-state index contributed by atoms with van der Waals surface area (Å²) in [7, 11) is 0. The molecule has 0 fully saturated rings. The molecule has 14 heavy (non-hydrogen) atoms. The zero-order valence-corrected chi connectivity index (χ0v) is 11.8. The SMILES string of the molecule is CCCC(C)CC(N)c1csc(I)c1. The zero-order chi connectivity index (χ0) is 10.6. The molecule has 0 saturated heterocycles. The highest BCUT2D eigenvalue weighted by atomic mass is 127. The van der Waals surface area contributed by atoms with E-state index in [1.165, 1.54) is 21.3 Å². The molecular weight excluding hydrogens is 305 g/mol. The van der Waals surface area contributed by atoms with Gasteiger partial charge < -0.3 is 5.73 Å². The molecule has 1 aromatic heterocycles. The molecule has 2 unspecified atom stereocenters. The van der Waals surface area contributed by atoms with Crippen LogP contribution >= 0.6 is 33.9 Å². The first kappa shape index (κ1) is 12.5. The van der Waals surface area contributed by atoms with Crippen LogP contribution in [0.1, 0.15) is 44.7 Å². The normalized spacial score (nSPS) is 15.4. The van der Waals surface area contributed by atoms with Crippen LogP contribution in [0.4, 0.5) is 0 Å². The van der Waals surface area contributed by atoms with Crippen molar-refractivity contribution in [2.45, 2.75) is 39.2 Å². The van der Waals surface area contributed by atoms with Crippen LogP contribution in [0.15, 0.2) is 11.4 Å². The molecule has 2 atom stereocenters. The van der Waals surface area contributed by atoms with Crippen LogP contribution in [-0.2, 0) is 0 Å². The number of halogens is 1. The van der Waals surface area contributed by atoms with Crippen molar-refractivity contribution in [3.8, 4) is 0 Å². The highest BCUT2D eigenvalue weighted by Crippen LogP contribution is 2.26. The summed E-state index contributed by atoms with van der Waals surface area (Å²) >= 11 is 4.13. The van der Waals surface area contributed by atoms with Gasteiger partial charge in [0.15, 0.2) is 0 Å². The Labute approximate surface area is 104 Å². The Hall–Kier alpha value is 0.390. The van der Waals surface area contributed by atoms with Crippen molar-refractivity contribution in [1.29, 1.82) is 0 Å². The van der Waals surface area contributed by atoms with Crippen molar-refractivity contribution in [3.05, 3.63) is 19.9 Å². The molecule has 80 valence electrons. The van der Waals surface area contributed by atoms with Crippen LogP contribution in [0, 0.1) is 8.80 Å². The molecule has 1 rings (SSSR count). The summed E-state index contributed by atoms with van der Waals surface area (Å²) in [6.07, 6.45) is 3.66. The molecule has 0 aliphatic rings. The van der Waals surface area contributed by atoms with Crippen LogP contribution in [0.2, 0.25) is 0 Å². The number of thiophene rings is 1. The van der Waals surface area contributed by atoms with Gasteiger partial charge in [0.05, 0.1) is 2.88 Å². The van der Waals surface area contributed by atoms with Gasteiger partial charge in [0.25, 0.3) is 0 Å². The first-order chi connectivity index (χ1) is 6.63. The highest BCUT2D eigenvalue weighted by Gasteiger charge is 2.11. The summed E-state index contributed by atoms with van der Waals surface area (Å²) in [6, 6.07) is 2.44. The Morgan fingerprint density at radius 3 is 2.79 bits per heavy atom. The molecule has 1 heterocycles. The van der Waals surface area contributed by atoms with E-state index in [-0.39, 0.29) is 6.04 Å². The summed E-state index contributed by atoms with van der Waals surface area (Å²) in [6.45, 7) is 4.52. The van der Waals surface area contributed by atoms with Gasteiger partial charge in [0, 0.05) is 6.04 Å². The maximum Gasteiger partial charge on any atom is 0.0656 e. The summed E-state index contributed by atoms with van der Waals surface area (Å²) in [5.41, 5.74) is 7.45. The molecule has 0 aliphatic carbocycles. The van der Waals surface area contributed by atoms with Crippen molar-refractivity contribution in [3.63, 3.8) is 0 Å². The van der Waals surface area contributed by atoms with Gasteiger partial charge in [0.1, 0.15) is 0 Å². The second-order valence-electron chi connectivity index (χ2n) is 3.92. The smallest absolute Gasteiger partial charge is 0.0656 e. The van der Waals surface area contributed by atoms with E-state index >= 15 is 0 Å². The topological polar surface area (TPSA) is 26.0 Å². The van der Waals surface area contributed by atoms with E-state index < -0.39 is 0 Å². The molecule has 0 radical (unpaired) electrons. The van der Waals surface area contributed by atoms with E-state index in [1.807, 2.05) is 0 Å². The van der Waals surface area contributed by atoms with Crippen LogP contribution in [-0.4, -0.2) is 0 Å². The van der Waals surface area contributed by atoms with Crippen molar-refractivity contribution in [2.24, 2.45) is 11.7 Å². The van der Waals surface area contributed by atoms with Gasteiger partial charge in [-0.05, 0) is 51.9 Å². The summed E-state index contributed by atoms with van der Waals surface area (Å²) in [5, 5.41) is 2.19. The van der Waals surface area contributed by atoms with Crippen LogP contribution in [0.3, 0.4) is 0 Å². The summed E-state index contributed by atoms with van der Waals surface area (Å²) < 4.78 is 1.33. The van der Waals surface area contributed by atoms with Crippen LogP contribution < -0.4 is 5.73 Å². The quantitative estimate of drug-likeness (QED) is 0.808. The van der Waals surface area contributed by atoms with E-state index in [2.05, 4.69) is 47.9 Å². The van der Waals surface area contributed by atoms with E-state index in [1.54, 1.807) is 11.3 Å². The minimum Gasteiger partial charge on any atom is -0.324 e. The van der Waals surface area contributed by atoms with E-state index in [0.717, 1.165) is 12.3 Å². The third-order valence-corrected chi connectivity index (χ3v) is 4.26. The lowest BCUT2D eigenvalue weighted by molar-refractivity contribution is 0.441. The lowest BCUT2D eigenvalue weighted by Gasteiger charge is -2.15. The summed E-state index contributed by atoms with van der Waals surface area (Å²) in [5.74, 6) is 0.743. The van der Waals surface area contributed by atoms with Crippen LogP contribution in [0.25, 0.3) is 0 Å².